The molecule has 12 heteroatoms. The zero-order valence-corrected chi connectivity index (χ0v) is 24.0. The first-order valence-corrected chi connectivity index (χ1v) is 14.5. The molecule has 0 saturated carbocycles. The highest BCUT2D eigenvalue weighted by Crippen LogP contribution is 2.33. The minimum absolute atomic E-state index is 0.748. The van der Waals surface area contributed by atoms with E-state index in [0.29, 0.717) is 0 Å². The topological polar surface area (TPSA) is 86.2 Å². The third-order valence-corrected chi connectivity index (χ3v) is 9.37. The molecule has 4 aromatic heterocycles. The van der Waals surface area contributed by atoms with Crippen LogP contribution in [0.3, 0.4) is 0 Å². The SMILES string of the molecule is Ic1ccccc1-c1nnc2sc(-c3ccc(-c4nn5c(-c6ccccc6I)nnc5s4)cc3)nn12. The molecule has 0 atom stereocenters. The van der Waals surface area contributed by atoms with Crippen molar-refractivity contribution < 1.29 is 0 Å². The van der Waals surface area contributed by atoms with Crippen LogP contribution < -0.4 is 0 Å². The van der Waals surface area contributed by atoms with Crippen LogP contribution in [0.15, 0.2) is 72.8 Å². The van der Waals surface area contributed by atoms with Crippen LogP contribution in [0.1, 0.15) is 0 Å². The highest BCUT2D eigenvalue weighted by atomic mass is 127. The molecule has 7 rings (SSSR count). The van der Waals surface area contributed by atoms with Gasteiger partial charge in [0.05, 0.1) is 0 Å². The van der Waals surface area contributed by atoms with Crippen LogP contribution in [-0.4, -0.2) is 39.6 Å². The lowest BCUT2D eigenvalue weighted by atomic mass is 10.1. The van der Waals surface area contributed by atoms with Crippen molar-refractivity contribution in [2.75, 3.05) is 0 Å². The van der Waals surface area contributed by atoms with Gasteiger partial charge in [0.15, 0.2) is 11.6 Å². The Hall–Kier alpha value is -2.82. The van der Waals surface area contributed by atoms with Crippen LogP contribution in [0.5, 0.6) is 0 Å². The number of nitrogens with zero attached hydrogens (tertiary/aromatic N) is 8. The van der Waals surface area contributed by atoms with Crippen molar-refractivity contribution in [1.82, 2.24) is 39.6 Å². The van der Waals surface area contributed by atoms with Gasteiger partial charge in [-0.15, -0.1) is 20.4 Å². The van der Waals surface area contributed by atoms with Gasteiger partial charge in [0, 0.05) is 29.4 Å². The highest BCUT2D eigenvalue weighted by molar-refractivity contribution is 14.1. The Labute approximate surface area is 239 Å². The van der Waals surface area contributed by atoms with Crippen LogP contribution in [0.4, 0.5) is 0 Å². The number of hydrogen-bond acceptors (Lipinski definition) is 8. The van der Waals surface area contributed by atoms with Gasteiger partial charge in [0.25, 0.3) is 0 Å². The average Bonchev–Trinajstić information content (AvgIpc) is 3.66. The summed E-state index contributed by atoms with van der Waals surface area (Å²) in [5.41, 5.74) is 4.08. The quantitative estimate of drug-likeness (QED) is 0.191. The second-order valence-corrected chi connectivity index (χ2v) is 12.0. The van der Waals surface area contributed by atoms with Gasteiger partial charge < -0.3 is 0 Å². The lowest BCUT2D eigenvalue weighted by Gasteiger charge is -2.01. The van der Waals surface area contributed by atoms with Gasteiger partial charge in [0.2, 0.25) is 9.92 Å². The normalized spacial score (nSPS) is 11.6. The van der Waals surface area contributed by atoms with E-state index < -0.39 is 0 Å². The summed E-state index contributed by atoms with van der Waals surface area (Å²) in [5.74, 6) is 1.50. The summed E-state index contributed by atoms with van der Waals surface area (Å²) >= 11 is 7.66. The lowest BCUT2D eigenvalue weighted by Crippen LogP contribution is -1.93. The smallest absolute Gasteiger partial charge is 0.182 e. The Morgan fingerprint density at radius 2 is 0.944 bits per heavy atom. The molecule has 0 radical (unpaired) electrons. The number of hydrogen-bond donors (Lipinski definition) is 0. The molecule has 8 nitrogen and oxygen atoms in total. The molecule has 0 amide bonds. The van der Waals surface area contributed by atoms with Gasteiger partial charge in [-0.25, -0.2) is 0 Å². The fourth-order valence-electron chi connectivity index (χ4n) is 3.84. The zero-order valence-electron chi connectivity index (χ0n) is 18.1. The Morgan fingerprint density at radius 3 is 1.36 bits per heavy atom. The number of rotatable bonds is 4. The minimum Gasteiger partial charge on any atom is -0.182 e. The van der Waals surface area contributed by atoms with E-state index in [9.17, 15) is 0 Å². The molecule has 0 saturated heterocycles. The first-order chi connectivity index (χ1) is 17.7. The molecule has 0 fully saturated rings. The van der Waals surface area contributed by atoms with E-state index in [0.717, 1.165) is 61.0 Å². The van der Waals surface area contributed by atoms with Gasteiger partial charge in [-0.3, -0.25) is 0 Å². The summed E-state index contributed by atoms with van der Waals surface area (Å²) in [4.78, 5) is 1.53. The molecule has 0 spiro atoms. The fourth-order valence-corrected chi connectivity index (χ4v) is 6.79. The monoisotopic (exact) mass is 730 g/mol. The van der Waals surface area contributed by atoms with Crippen molar-refractivity contribution >= 4 is 77.8 Å². The molecule has 7 aromatic rings. The van der Waals surface area contributed by atoms with E-state index in [2.05, 4.69) is 102 Å². The summed E-state index contributed by atoms with van der Waals surface area (Å²) in [6.07, 6.45) is 0. The van der Waals surface area contributed by atoms with Crippen molar-refractivity contribution in [1.29, 1.82) is 0 Å². The summed E-state index contributed by atoms with van der Waals surface area (Å²) in [6.45, 7) is 0. The summed E-state index contributed by atoms with van der Waals surface area (Å²) in [7, 11) is 0. The van der Waals surface area contributed by atoms with E-state index >= 15 is 0 Å². The zero-order chi connectivity index (χ0) is 24.2. The molecular weight excluding hydrogens is 718 g/mol. The summed E-state index contributed by atoms with van der Waals surface area (Å²) in [6, 6.07) is 24.5. The maximum absolute atomic E-state index is 4.81. The second kappa shape index (κ2) is 8.93. The van der Waals surface area contributed by atoms with Crippen molar-refractivity contribution in [3.05, 3.63) is 79.9 Å². The van der Waals surface area contributed by atoms with E-state index in [4.69, 9.17) is 10.2 Å². The molecule has 3 aromatic carbocycles. The molecule has 0 aliphatic carbocycles. The van der Waals surface area contributed by atoms with E-state index in [-0.39, 0.29) is 0 Å². The van der Waals surface area contributed by atoms with Gasteiger partial charge in [-0.2, -0.15) is 19.2 Å². The Bertz CT molecular complexity index is 1750. The third kappa shape index (κ3) is 3.74. The standard InChI is InChI=1S/C24H12I2N8S2/c25-17-7-3-1-5-15(17)19-27-29-23-33(19)31-21(35-23)13-9-11-14(12-10-13)22-32-34-20(28-30-24(34)36-22)16-6-2-4-8-18(16)26/h1-12H. The van der Waals surface area contributed by atoms with E-state index in [1.165, 1.54) is 22.7 Å². The van der Waals surface area contributed by atoms with Crippen molar-refractivity contribution in [3.8, 4) is 43.9 Å². The number of aromatic nitrogens is 8. The van der Waals surface area contributed by atoms with Gasteiger partial charge in [-0.1, -0.05) is 83.3 Å². The predicted molar refractivity (Wildman–Crippen MR) is 158 cm³/mol. The lowest BCUT2D eigenvalue weighted by molar-refractivity contribution is 0.968. The Morgan fingerprint density at radius 1 is 0.528 bits per heavy atom. The molecule has 0 unspecified atom stereocenters. The molecule has 0 N–H and O–H groups in total. The molecular formula is C24H12I2N8S2. The van der Waals surface area contributed by atoms with Crippen LogP contribution in [0, 0.1) is 7.14 Å². The largest absolute Gasteiger partial charge is 0.235 e. The second-order valence-electron chi connectivity index (χ2n) is 7.79. The van der Waals surface area contributed by atoms with Crippen molar-refractivity contribution in [2.24, 2.45) is 0 Å². The molecule has 36 heavy (non-hydrogen) atoms. The maximum Gasteiger partial charge on any atom is 0.235 e. The van der Waals surface area contributed by atoms with Crippen LogP contribution in [0.25, 0.3) is 53.8 Å². The highest BCUT2D eigenvalue weighted by Gasteiger charge is 2.18. The van der Waals surface area contributed by atoms with Gasteiger partial charge in [-0.05, 0) is 57.3 Å². The third-order valence-electron chi connectivity index (χ3n) is 5.59. The van der Waals surface area contributed by atoms with Crippen LogP contribution in [0.2, 0.25) is 0 Å². The number of fused-ring (bicyclic) bond motifs is 2. The number of benzene rings is 3. The van der Waals surface area contributed by atoms with Crippen LogP contribution in [-0.2, 0) is 0 Å². The predicted octanol–water partition coefficient (Wildman–Crippen LogP) is 6.56. The number of halogens is 2. The first kappa shape index (κ1) is 22.4. The fraction of sp³-hybridized carbons (Fsp3) is 0. The molecule has 4 heterocycles. The van der Waals surface area contributed by atoms with Gasteiger partial charge >= 0.3 is 0 Å². The molecule has 0 aliphatic rings. The van der Waals surface area contributed by atoms with Crippen LogP contribution >= 0.6 is 67.9 Å². The summed E-state index contributed by atoms with van der Waals surface area (Å²) < 4.78 is 5.86. The van der Waals surface area contributed by atoms with Crippen molar-refractivity contribution in [3.63, 3.8) is 0 Å². The Kier molecular flexibility index (Phi) is 5.55. The summed E-state index contributed by atoms with van der Waals surface area (Å²) in [5, 5.41) is 28.8. The molecule has 0 bridgehead atoms. The van der Waals surface area contributed by atoms with Gasteiger partial charge in [0.1, 0.15) is 10.0 Å². The van der Waals surface area contributed by atoms with E-state index in [1.54, 1.807) is 0 Å². The van der Waals surface area contributed by atoms with E-state index in [1.807, 2.05) is 45.4 Å². The maximum atomic E-state index is 4.81. The average molecular weight is 730 g/mol. The van der Waals surface area contributed by atoms with Crippen molar-refractivity contribution in [2.45, 2.75) is 0 Å². The first-order valence-electron chi connectivity index (χ1n) is 10.7. The Balaban J connectivity index is 1.22. The minimum atomic E-state index is 0.748. The molecule has 174 valence electrons. The molecule has 0 aliphatic heterocycles.